The number of nitrogens with zero attached hydrogens (tertiary/aromatic N) is 2. The summed E-state index contributed by atoms with van der Waals surface area (Å²) in [7, 11) is 1.84. The van der Waals surface area contributed by atoms with Crippen LogP contribution in [0, 0.1) is 18.8 Å². The Kier molecular flexibility index (Phi) is 5.13. The van der Waals surface area contributed by atoms with E-state index in [1.165, 1.54) is 0 Å². The molecule has 0 bridgehead atoms. The fourth-order valence-corrected chi connectivity index (χ4v) is 4.89. The van der Waals surface area contributed by atoms with Gasteiger partial charge in [-0.3, -0.25) is 14.4 Å². The van der Waals surface area contributed by atoms with E-state index in [9.17, 15) is 14.4 Å². The zero-order valence-corrected chi connectivity index (χ0v) is 16.7. The number of likely N-dealkylation sites (tertiary alicyclic amines) is 2. The molecule has 1 saturated carbocycles. The zero-order valence-electron chi connectivity index (χ0n) is 16.7. The van der Waals surface area contributed by atoms with Crippen molar-refractivity contribution in [1.82, 2.24) is 9.80 Å². The third-order valence-electron chi connectivity index (χ3n) is 6.80. The van der Waals surface area contributed by atoms with Crippen LogP contribution in [0.15, 0.2) is 18.2 Å². The number of fused-ring (bicyclic) bond motifs is 1. The number of likely N-dealkylation sites (N-methyl/N-ethyl adjacent to an activating group) is 1. The van der Waals surface area contributed by atoms with Gasteiger partial charge in [0.1, 0.15) is 0 Å². The van der Waals surface area contributed by atoms with Gasteiger partial charge in [-0.1, -0.05) is 18.9 Å². The zero-order chi connectivity index (χ0) is 19.8. The van der Waals surface area contributed by atoms with E-state index in [0.717, 1.165) is 43.4 Å². The smallest absolute Gasteiger partial charge is 0.254 e. The SMILES string of the molecule is Cc1ccc(C(=O)N2CC[C@@H]3CC(=O)N(C)[C@@H]3C2)cc1NC(=O)C1CCCC1. The van der Waals surface area contributed by atoms with Crippen LogP contribution in [0.1, 0.15) is 54.4 Å². The van der Waals surface area contributed by atoms with E-state index in [0.29, 0.717) is 31.0 Å². The van der Waals surface area contributed by atoms with Crippen LogP contribution in [-0.4, -0.2) is 53.7 Å². The second kappa shape index (κ2) is 7.57. The summed E-state index contributed by atoms with van der Waals surface area (Å²) in [6.07, 6.45) is 5.60. The number of aryl methyl sites for hydroxylation is 1. The standard InChI is InChI=1S/C22H29N3O3/c1-14-7-8-17(11-18(14)23-21(27)15-5-3-4-6-15)22(28)25-10-9-16-12-20(26)24(2)19(16)13-25/h7-8,11,15-16,19H,3-6,9-10,12-13H2,1-2H3,(H,23,27)/t16-,19-/m1/s1. The summed E-state index contributed by atoms with van der Waals surface area (Å²) in [6.45, 7) is 3.21. The van der Waals surface area contributed by atoms with Crippen LogP contribution in [-0.2, 0) is 9.59 Å². The molecule has 1 aromatic carbocycles. The summed E-state index contributed by atoms with van der Waals surface area (Å²) in [5.74, 6) is 0.672. The van der Waals surface area contributed by atoms with Crippen LogP contribution in [0.2, 0.25) is 0 Å². The molecule has 4 rings (SSSR count). The molecule has 1 aromatic rings. The molecule has 150 valence electrons. The average molecular weight is 383 g/mol. The lowest BCUT2D eigenvalue weighted by molar-refractivity contribution is -0.127. The molecule has 2 saturated heterocycles. The highest BCUT2D eigenvalue weighted by molar-refractivity contribution is 5.98. The van der Waals surface area contributed by atoms with Gasteiger partial charge in [-0.15, -0.1) is 0 Å². The Balaban J connectivity index is 1.47. The highest BCUT2D eigenvalue weighted by atomic mass is 16.2. The van der Waals surface area contributed by atoms with Crippen LogP contribution >= 0.6 is 0 Å². The molecule has 0 aromatic heterocycles. The van der Waals surface area contributed by atoms with Crippen molar-refractivity contribution in [3.05, 3.63) is 29.3 Å². The average Bonchev–Trinajstić information content (AvgIpc) is 3.32. The number of amides is 3. The molecule has 2 heterocycles. The molecule has 3 aliphatic rings. The number of hydrogen-bond acceptors (Lipinski definition) is 3. The topological polar surface area (TPSA) is 69.7 Å². The van der Waals surface area contributed by atoms with Gasteiger partial charge in [0.05, 0.1) is 6.04 Å². The maximum Gasteiger partial charge on any atom is 0.254 e. The van der Waals surface area contributed by atoms with Crippen molar-refractivity contribution in [2.45, 2.75) is 51.5 Å². The predicted octanol–water partition coefficient (Wildman–Crippen LogP) is 2.82. The molecule has 6 nitrogen and oxygen atoms in total. The highest BCUT2D eigenvalue weighted by Gasteiger charge is 2.42. The summed E-state index contributed by atoms with van der Waals surface area (Å²) in [5.41, 5.74) is 2.28. The first-order valence-corrected chi connectivity index (χ1v) is 10.4. The van der Waals surface area contributed by atoms with Crippen molar-refractivity contribution in [2.75, 3.05) is 25.5 Å². The van der Waals surface area contributed by atoms with E-state index in [1.54, 1.807) is 11.0 Å². The molecule has 0 radical (unpaired) electrons. The predicted molar refractivity (Wildman–Crippen MR) is 107 cm³/mol. The number of rotatable bonds is 3. The summed E-state index contributed by atoms with van der Waals surface area (Å²) in [6, 6.07) is 5.66. The number of piperidine rings is 1. The fraction of sp³-hybridized carbons (Fsp3) is 0.591. The minimum atomic E-state index is -0.0254. The van der Waals surface area contributed by atoms with Gasteiger partial charge in [0.25, 0.3) is 5.91 Å². The first-order valence-electron chi connectivity index (χ1n) is 10.4. The van der Waals surface area contributed by atoms with Crippen LogP contribution < -0.4 is 5.32 Å². The number of hydrogen-bond donors (Lipinski definition) is 1. The van der Waals surface area contributed by atoms with E-state index >= 15 is 0 Å². The Hall–Kier alpha value is -2.37. The van der Waals surface area contributed by atoms with Gasteiger partial charge in [-0.05, 0) is 49.8 Å². The third kappa shape index (κ3) is 3.52. The lowest BCUT2D eigenvalue weighted by Crippen LogP contribution is -2.49. The van der Waals surface area contributed by atoms with Crippen LogP contribution in [0.4, 0.5) is 5.69 Å². The van der Waals surface area contributed by atoms with Crippen molar-refractivity contribution in [1.29, 1.82) is 0 Å². The molecule has 1 N–H and O–H groups in total. The quantitative estimate of drug-likeness (QED) is 0.873. The second-order valence-electron chi connectivity index (χ2n) is 8.58. The molecule has 3 fully saturated rings. The van der Waals surface area contributed by atoms with Gasteiger partial charge in [0.15, 0.2) is 0 Å². The summed E-state index contributed by atoms with van der Waals surface area (Å²) < 4.78 is 0. The molecular weight excluding hydrogens is 354 g/mol. The molecule has 2 aliphatic heterocycles. The largest absolute Gasteiger partial charge is 0.341 e. The van der Waals surface area contributed by atoms with E-state index < -0.39 is 0 Å². The summed E-state index contributed by atoms with van der Waals surface area (Å²) in [5, 5.41) is 3.04. The lowest BCUT2D eigenvalue weighted by Gasteiger charge is -2.37. The Bertz CT molecular complexity index is 800. The summed E-state index contributed by atoms with van der Waals surface area (Å²) >= 11 is 0. The Morgan fingerprint density at radius 1 is 1.14 bits per heavy atom. The van der Waals surface area contributed by atoms with Crippen molar-refractivity contribution in [3.8, 4) is 0 Å². The first kappa shape index (κ1) is 19.0. The van der Waals surface area contributed by atoms with Gasteiger partial charge in [-0.25, -0.2) is 0 Å². The minimum Gasteiger partial charge on any atom is -0.341 e. The summed E-state index contributed by atoms with van der Waals surface area (Å²) in [4.78, 5) is 41.2. The maximum atomic E-state index is 13.1. The number of carbonyl (C=O) groups excluding carboxylic acids is 3. The van der Waals surface area contributed by atoms with E-state index in [4.69, 9.17) is 0 Å². The van der Waals surface area contributed by atoms with Gasteiger partial charge in [0.2, 0.25) is 11.8 Å². The molecule has 3 amide bonds. The highest BCUT2D eigenvalue weighted by Crippen LogP contribution is 2.32. The number of benzene rings is 1. The van der Waals surface area contributed by atoms with Crippen molar-refractivity contribution in [2.24, 2.45) is 11.8 Å². The van der Waals surface area contributed by atoms with E-state index in [1.807, 2.05) is 31.0 Å². The molecule has 1 aliphatic carbocycles. The number of nitrogens with one attached hydrogen (secondary N) is 1. The van der Waals surface area contributed by atoms with Gasteiger partial charge in [0, 0.05) is 43.7 Å². The maximum absolute atomic E-state index is 13.1. The Morgan fingerprint density at radius 3 is 2.64 bits per heavy atom. The van der Waals surface area contributed by atoms with Crippen LogP contribution in [0.25, 0.3) is 0 Å². The van der Waals surface area contributed by atoms with E-state index in [2.05, 4.69) is 5.32 Å². The van der Waals surface area contributed by atoms with Crippen LogP contribution in [0.3, 0.4) is 0 Å². The minimum absolute atomic E-state index is 0.0254. The number of anilines is 1. The molecule has 0 unspecified atom stereocenters. The van der Waals surface area contributed by atoms with Crippen LogP contribution in [0.5, 0.6) is 0 Å². The normalized spacial score (nSPS) is 25.1. The van der Waals surface area contributed by atoms with Gasteiger partial charge < -0.3 is 15.1 Å². The molecular formula is C22H29N3O3. The van der Waals surface area contributed by atoms with E-state index in [-0.39, 0.29) is 29.7 Å². The second-order valence-corrected chi connectivity index (χ2v) is 8.58. The lowest BCUT2D eigenvalue weighted by atomic mass is 9.91. The molecule has 0 spiro atoms. The van der Waals surface area contributed by atoms with Gasteiger partial charge >= 0.3 is 0 Å². The Labute approximate surface area is 166 Å². The number of carbonyl (C=O) groups is 3. The monoisotopic (exact) mass is 383 g/mol. The third-order valence-corrected chi connectivity index (χ3v) is 6.80. The molecule has 2 atom stereocenters. The first-order chi connectivity index (χ1) is 13.4. The fourth-order valence-electron chi connectivity index (χ4n) is 4.89. The molecule has 6 heteroatoms. The van der Waals surface area contributed by atoms with Crippen molar-refractivity contribution in [3.63, 3.8) is 0 Å². The van der Waals surface area contributed by atoms with Crippen molar-refractivity contribution >= 4 is 23.4 Å². The molecule has 28 heavy (non-hydrogen) atoms. The van der Waals surface area contributed by atoms with Gasteiger partial charge in [-0.2, -0.15) is 0 Å². The Morgan fingerprint density at radius 2 is 1.89 bits per heavy atom. The van der Waals surface area contributed by atoms with Crippen molar-refractivity contribution < 1.29 is 14.4 Å².